The lowest BCUT2D eigenvalue weighted by Gasteiger charge is -2.28. The molecule has 0 saturated heterocycles. The molecule has 0 aromatic rings. The zero-order valence-electron chi connectivity index (χ0n) is 13.7. The Balaban J connectivity index is 4.13. The lowest BCUT2D eigenvalue weighted by molar-refractivity contribution is -0.151. The third kappa shape index (κ3) is 10.0. The average molecular weight is 283 g/mol. The first-order valence-corrected chi connectivity index (χ1v) is 8.22. The largest absolute Gasteiger partial charge is 0.443 e. The van der Waals surface area contributed by atoms with Crippen LogP contribution in [0.1, 0.15) is 72.1 Å². The Morgan fingerprint density at radius 1 is 1.05 bits per heavy atom. The van der Waals surface area contributed by atoms with Gasteiger partial charge in [0.1, 0.15) is 0 Å². The summed E-state index contributed by atoms with van der Waals surface area (Å²) in [5.41, 5.74) is 0. The molecule has 0 aromatic carbocycles. The topological polar surface area (TPSA) is 29.5 Å². The van der Waals surface area contributed by atoms with E-state index in [9.17, 15) is 4.79 Å². The van der Waals surface area contributed by atoms with E-state index >= 15 is 0 Å². The molecule has 1 atom stereocenters. The van der Waals surface area contributed by atoms with Crippen LogP contribution < -0.4 is 0 Å². The van der Waals surface area contributed by atoms with Crippen molar-refractivity contribution in [3.05, 3.63) is 12.7 Å². The normalized spacial score (nSPS) is 12.4. The number of carbonyl (C=O) groups excluding carboxylic acids is 1. The Hall–Kier alpha value is -0.830. The van der Waals surface area contributed by atoms with E-state index in [0.29, 0.717) is 0 Å². The lowest BCUT2D eigenvalue weighted by Crippen LogP contribution is -2.37. The lowest BCUT2D eigenvalue weighted by atomic mass is 10.1. The van der Waals surface area contributed by atoms with Gasteiger partial charge in [-0.3, -0.25) is 4.90 Å². The van der Waals surface area contributed by atoms with Crippen LogP contribution in [0.2, 0.25) is 0 Å². The van der Waals surface area contributed by atoms with Gasteiger partial charge >= 0.3 is 5.97 Å². The highest BCUT2D eigenvalue weighted by Gasteiger charge is 2.15. The number of unbranched alkanes of at least 4 members (excludes halogenated alkanes) is 6. The smallest absolute Gasteiger partial charge is 0.331 e. The Bertz CT molecular complexity index is 241. The van der Waals surface area contributed by atoms with Crippen LogP contribution in [0.25, 0.3) is 0 Å². The van der Waals surface area contributed by atoms with Gasteiger partial charge in [0.05, 0.1) is 0 Å². The predicted molar refractivity (Wildman–Crippen MR) is 85.6 cm³/mol. The first-order chi connectivity index (χ1) is 9.65. The summed E-state index contributed by atoms with van der Waals surface area (Å²) in [5.74, 6) is -0.329. The van der Waals surface area contributed by atoms with Crippen LogP contribution in [0.5, 0.6) is 0 Å². The summed E-state index contributed by atoms with van der Waals surface area (Å²) in [4.78, 5) is 13.6. The molecule has 0 rings (SSSR count). The monoisotopic (exact) mass is 283 g/mol. The SMILES string of the molecule is C=CC(=O)OC(C)N(CCCCCC)CCCCCC. The van der Waals surface area contributed by atoms with Gasteiger partial charge in [-0.2, -0.15) is 0 Å². The van der Waals surface area contributed by atoms with Crippen LogP contribution in [0.4, 0.5) is 0 Å². The van der Waals surface area contributed by atoms with Crippen molar-refractivity contribution in [3.63, 3.8) is 0 Å². The van der Waals surface area contributed by atoms with Gasteiger partial charge < -0.3 is 4.74 Å². The molecule has 0 aliphatic carbocycles. The van der Waals surface area contributed by atoms with Crippen molar-refractivity contribution in [1.29, 1.82) is 0 Å². The molecule has 0 heterocycles. The number of nitrogens with zero attached hydrogens (tertiary/aromatic N) is 1. The second kappa shape index (κ2) is 13.2. The maximum atomic E-state index is 11.3. The van der Waals surface area contributed by atoms with Gasteiger partial charge in [0.2, 0.25) is 0 Å². The van der Waals surface area contributed by atoms with Gasteiger partial charge in [-0.25, -0.2) is 4.79 Å². The van der Waals surface area contributed by atoms with Crippen LogP contribution >= 0.6 is 0 Å². The maximum absolute atomic E-state index is 11.3. The Kier molecular flexibility index (Phi) is 12.6. The van der Waals surface area contributed by atoms with Crippen LogP contribution in [-0.2, 0) is 9.53 Å². The molecule has 0 aromatic heterocycles. The zero-order valence-corrected chi connectivity index (χ0v) is 13.7. The second-order valence-electron chi connectivity index (χ2n) is 5.40. The van der Waals surface area contributed by atoms with Crippen molar-refractivity contribution in [2.75, 3.05) is 13.1 Å². The molecule has 0 N–H and O–H groups in total. The summed E-state index contributed by atoms with van der Waals surface area (Å²) in [6, 6.07) is 0. The second-order valence-corrected chi connectivity index (χ2v) is 5.40. The van der Waals surface area contributed by atoms with Gasteiger partial charge in [-0.15, -0.1) is 0 Å². The molecular formula is C17H33NO2. The number of esters is 1. The summed E-state index contributed by atoms with van der Waals surface area (Å²) >= 11 is 0. The molecule has 0 aliphatic heterocycles. The molecule has 1 unspecified atom stereocenters. The highest BCUT2D eigenvalue weighted by molar-refractivity contribution is 5.81. The van der Waals surface area contributed by atoms with Crippen LogP contribution in [0, 0.1) is 0 Å². The van der Waals surface area contributed by atoms with Crippen molar-refractivity contribution < 1.29 is 9.53 Å². The van der Waals surface area contributed by atoms with E-state index in [-0.39, 0.29) is 12.2 Å². The molecule has 0 amide bonds. The van der Waals surface area contributed by atoms with Gasteiger partial charge in [-0.05, 0) is 19.8 Å². The third-order valence-corrected chi connectivity index (χ3v) is 3.57. The Morgan fingerprint density at radius 2 is 1.55 bits per heavy atom. The van der Waals surface area contributed by atoms with Crippen molar-refractivity contribution in [2.45, 2.75) is 78.4 Å². The zero-order chi connectivity index (χ0) is 15.2. The van der Waals surface area contributed by atoms with Crippen molar-refractivity contribution >= 4 is 5.97 Å². The van der Waals surface area contributed by atoms with Gasteiger partial charge in [0.25, 0.3) is 0 Å². The minimum atomic E-state index is -0.329. The molecule has 0 aliphatic rings. The van der Waals surface area contributed by atoms with Crippen LogP contribution in [-0.4, -0.2) is 30.2 Å². The van der Waals surface area contributed by atoms with E-state index in [1.807, 2.05) is 6.92 Å². The van der Waals surface area contributed by atoms with Crippen LogP contribution in [0.15, 0.2) is 12.7 Å². The molecular weight excluding hydrogens is 250 g/mol. The van der Waals surface area contributed by atoms with E-state index in [1.54, 1.807) is 0 Å². The Labute approximate surface area is 125 Å². The van der Waals surface area contributed by atoms with E-state index in [4.69, 9.17) is 4.74 Å². The van der Waals surface area contributed by atoms with E-state index in [2.05, 4.69) is 25.3 Å². The summed E-state index contributed by atoms with van der Waals surface area (Å²) < 4.78 is 5.34. The van der Waals surface area contributed by atoms with Crippen molar-refractivity contribution in [2.24, 2.45) is 0 Å². The van der Waals surface area contributed by atoms with Crippen molar-refractivity contribution in [3.8, 4) is 0 Å². The minimum Gasteiger partial charge on any atom is -0.443 e. The molecule has 20 heavy (non-hydrogen) atoms. The molecule has 0 radical (unpaired) electrons. The first kappa shape index (κ1) is 19.2. The predicted octanol–water partition coefficient (Wildman–Crippen LogP) is 4.52. The van der Waals surface area contributed by atoms with Crippen molar-refractivity contribution in [1.82, 2.24) is 4.90 Å². The van der Waals surface area contributed by atoms with Gasteiger partial charge in [0.15, 0.2) is 6.23 Å². The standard InChI is InChI=1S/C17H33NO2/c1-5-8-10-12-14-18(15-13-11-9-6-2)16(4)20-17(19)7-3/h7,16H,3,5-6,8-15H2,1-2,4H3. The average Bonchev–Trinajstić information content (AvgIpc) is 2.45. The minimum absolute atomic E-state index is 0.149. The van der Waals surface area contributed by atoms with Gasteiger partial charge in [-0.1, -0.05) is 59.0 Å². The fourth-order valence-electron chi connectivity index (χ4n) is 2.25. The number of ether oxygens (including phenoxy) is 1. The maximum Gasteiger partial charge on any atom is 0.331 e. The summed E-state index contributed by atoms with van der Waals surface area (Å²) in [7, 11) is 0. The first-order valence-electron chi connectivity index (χ1n) is 8.22. The van der Waals surface area contributed by atoms with E-state index in [0.717, 1.165) is 13.1 Å². The summed E-state index contributed by atoms with van der Waals surface area (Å²) in [5, 5.41) is 0. The number of rotatable bonds is 13. The number of hydrogen-bond acceptors (Lipinski definition) is 3. The summed E-state index contributed by atoms with van der Waals surface area (Å²) in [6.45, 7) is 11.9. The molecule has 118 valence electrons. The molecule has 0 saturated carbocycles. The molecule has 3 nitrogen and oxygen atoms in total. The Morgan fingerprint density at radius 3 is 1.95 bits per heavy atom. The highest BCUT2D eigenvalue weighted by atomic mass is 16.6. The number of hydrogen-bond donors (Lipinski definition) is 0. The third-order valence-electron chi connectivity index (χ3n) is 3.57. The number of carbonyl (C=O) groups is 1. The van der Waals surface area contributed by atoms with Gasteiger partial charge in [0, 0.05) is 19.2 Å². The molecule has 0 fully saturated rings. The summed E-state index contributed by atoms with van der Waals surface area (Å²) in [6.07, 6.45) is 11.0. The highest BCUT2D eigenvalue weighted by Crippen LogP contribution is 2.10. The van der Waals surface area contributed by atoms with E-state index < -0.39 is 0 Å². The molecule has 3 heteroatoms. The molecule has 0 spiro atoms. The van der Waals surface area contributed by atoms with Crippen LogP contribution in [0.3, 0.4) is 0 Å². The quantitative estimate of drug-likeness (QED) is 0.215. The van der Waals surface area contributed by atoms with E-state index in [1.165, 1.54) is 57.4 Å². The molecule has 0 bridgehead atoms. The fraction of sp³-hybridized carbons (Fsp3) is 0.824. The fourth-order valence-corrected chi connectivity index (χ4v) is 2.25.